The van der Waals surface area contributed by atoms with Gasteiger partial charge in [0, 0.05) is 12.1 Å². The average Bonchev–Trinajstić information content (AvgIpc) is 3.09. The summed E-state index contributed by atoms with van der Waals surface area (Å²) in [6, 6.07) is 9.56. The molecule has 6 heteroatoms. The van der Waals surface area contributed by atoms with Gasteiger partial charge in [-0.2, -0.15) is 0 Å². The first-order valence-electron chi connectivity index (χ1n) is 13.4. The molecule has 2 fully saturated rings. The highest BCUT2D eigenvalue weighted by molar-refractivity contribution is 5.93. The molecule has 1 saturated heterocycles. The highest BCUT2D eigenvalue weighted by atomic mass is 16.6. The summed E-state index contributed by atoms with van der Waals surface area (Å²) in [7, 11) is 0. The Hall–Kier alpha value is -2.34. The van der Waals surface area contributed by atoms with Gasteiger partial charge in [-0.3, -0.25) is 9.69 Å². The van der Waals surface area contributed by atoms with Crippen molar-refractivity contribution in [2.75, 3.05) is 6.54 Å². The second-order valence-corrected chi connectivity index (χ2v) is 10.9. The fourth-order valence-corrected chi connectivity index (χ4v) is 5.27. The maximum atomic E-state index is 13.4. The number of hydrogen-bond acceptors (Lipinski definition) is 4. The monoisotopic (exact) mass is 484 g/mol. The van der Waals surface area contributed by atoms with Crippen molar-refractivity contribution in [3.8, 4) is 0 Å². The average molecular weight is 485 g/mol. The van der Waals surface area contributed by atoms with Gasteiger partial charge in [0.1, 0.15) is 12.3 Å². The van der Waals surface area contributed by atoms with Gasteiger partial charge >= 0.3 is 6.09 Å². The minimum absolute atomic E-state index is 0.0517. The second-order valence-electron chi connectivity index (χ2n) is 10.9. The van der Waals surface area contributed by atoms with E-state index in [0.717, 1.165) is 12.0 Å². The van der Waals surface area contributed by atoms with Gasteiger partial charge in [0.2, 0.25) is 5.91 Å². The third kappa shape index (κ3) is 7.57. The van der Waals surface area contributed by atoms with Crippen LogP contribution in [0.25, 0.3) is 0 Å². The molecule has 35 heavy (non-hydrogen) atoms. The van der Waals surface area contributed by atoms with Crippen LogP contribution < -0.4 is 5.32 Å². The molecule has 1 N–H and O–H groups in total. The Morgan fingerprint density at radius 1 is 1.17 bits per heavy atom. The van der Waals surface area contributed by atoms with Crippen molar-refractivity contribution >= 4 is 12.0 Å². The van der Waals surface area contributed by atoms with E-state index >= 15 is 0 Å². The third-order valence-electron chi connectivity index (χ3n) is 7.13. The van der Waals surface area contributed by atoms with Gasteiger partial charge in [-0.05, 0) is 50.2 Å². The van der Waals surface area contributed by atoms with Crippen LogP contribution in [-0.2, 0) is 20.9 Å². The molecule has 6 nitrogen and oxygen atoms in total. The van der Waals surface area contributed by atoms with Gasteiger partial charge in [-0.15, -0.1) is 0 Å². The number of carbonyl (C=O) groups excluding carboxylic acids is 2. The van der Waals surface area contributed by atoms with Gasteiger partial charge in [-0.25, -0.2) is 4.79 Å². The van der Waals surface area contributed by atoms with Gasteiger partial charge in [0.05, 0.1) is 12.1 Å². The van der Waals surface area contributed by atoms with Crippen LogP contribution in [0.4, 0.5) is 4.79 Å². The number of hydrogen-bond donors (Lipinski definition) is 1. The van der Waals surface area contributed by atoms with Gasteiger partial charge < -0.3 is 14.8 Å². The molecule has 2 amide bonds. The van der Waals surface area contributed by atoms with Gasteiger partial charge in [0.15, 0.2) is 0 Å². The fraction of sp³-hybridized carbons (Fsp3) is 0.655. The summed E-state index contributed by atoms with van der Waals surface area (Å²) in [4.78, 5) is 28.1. The lowest BCUT2D eigenvalue weighted by atomic mass is 9.83. The Morgan fingerprint density at radius 2 is 1.86 bits per heavy atom. The molecule has 0 aromatic heterocycles. The number of nitrogens with one attached hydrogen (secondary N) is 1. The normalized spacial score (nSPS) is 22.9. The van der Waals surface area contributed by atoms with Crippen LogP contribution in [0.3, 0.4) is 0 Å². The van der Waals surface area contributed by atoms with Crippen molar-refractivity contribution in [1.29, 1.82) is 0 Å². The highest BCUT2D eigenvalue weighted by Crippen LogP contribution is 2.39. The molecule has 1 aliphatic carbocycles. The molecule has 1 aliphatic heterocycles. The number of carbonyl (C=O) groups is 2. The summed E-state index contributed by atoms with van der Waals surface area (Å²) in [6.07, 6.45) is 8.81. The van der Waals surface area contributed by atoms with Crippen LogP contribution in [0.5, 0.6) is 0 Å². The smallest absolute Gasteiger partial charge is 0.412 e. The zero-order valence-electron chi connectivity index (χ0n) is 22.2. The molecule has 1 aromatic rings. The summed E-state index contributed by atoms with van der Waals surface area (Å²) in [5.74, 6) is 0.878. The van der Waals surface area contributed by atoms with Crippen molar-refractivity contribution in [3.05, 3.63) is 47.5 Å². The zero-order valence-corrected chi connectivity index (χ0v) is 22.2. The molecule has 1 saturated carbocycles. The van der Waals surface area contributed by atoms with Crippen LogP contribution in [0.15, 0.2) is 42.0 Å². The SMILES string of the molecule is CC/C(=C\C1OC(C)(C)N(C(=O)OCc2ccccc2)[C@H]1CC1CCCCC1)C(=O)NCC(C)C. The first-order valence-corrected chi connectivity index (χ1v) is 13.4. The quantitative estimate of drug-likeness (QED) is 0.423. The van der Waals surface area contributed by atoms with E-state index < -0.39 is 5.72 Å². The van der Waals surface area contributed by atoms with Crippen molar-refractivity contribution in [1.82, 2.24) is 10.2 Å². The summed E-state index contributed by atoms with van der Waals surface area (Å²) in [5.41, 5.74) is 0.829. The molecule has 3 rings (SSSR count). The molecule has 2 atom stereocenters. The van der Waals surface area contributed by atoms with E-state index in [9.17, 15) is 9.59 Å². The van der Waals surface area contributed by atoms with E-state index in [-0.39, 0.29) is 30.8 Å². The number of rotatable bonds is 9. The lowest BCUT2D eigenvalue weighted by molar-refractivity contribution is -0.117. The van der Waals surface area contributed by atoms with Gasteiger partial charge in [0.25, 0.3) is 0 Å². The molecule has 0 bridgehead atoms. The Balaban J connectivity index is 1.83. The largest absolute Gasteiger partial charge is 0.444 e. The first-order chi connectivity index (χ1) is 16.7. The van der Waals surface area contributed by atoms with Crippen LogP contribution in [0, 0.1) is 11.8 Å². The Morgan fingerprint density at radius 3 is 2.49 bits per heavy atom. The summed E-state index contributed by atoms with van der Waals surface area (Å²) < 4.78 is 12.2. The summed E-state index contributed by atoms with van der Waals surface area (Å²) in [6.45, 7) is 10.8. The van der Waals surface area contributed by atoms with E-state index in [0.29, 0.717) is 30.4 Å². The molecule has 0 radical (unpaired) electrons. The fourth-order valence-electron chi connectivity index (χ4n) is 5.27. The van der Waals surface area contributed by atoms with E-state index in [2.05, 4.69) is 19.2 Å². The molecule has 194 valence electrons. The van der Waals surface area contributed by atoms with Crippen LogP contribution in [0.1, 0.15) is 85.1 Å². The number of amides is 2. The molecular weight excluding hydrogens is 440 g/mol. The minimum Gasteiger partial charge on any atom is -0.444 e. The predicted molar refractivity (Wildman–Crippen MR) is 139 cm³/mol. The second kappa shape index (κ2) is 12.6. The molecular formula is C29H44N2O4. The van der Waals surface area contributed by atoms with Crippen LogP contribution in [-0.4, -0.2) is 41.3 Å². The van der Waals surface area contributed by atoms with E-state index in [1.165, 1.54) is 32.1 Å². The number of ether oxygens (including phenoxy) is 2. The standard InChI is InChI=1S/C29H44N2O4/c1-6-24(27(32)30-19-21(2)3)18-26-25(17-22-13-9-7-10-14-22)31(29(4,5)35-26)28(33)34-20-23-15-11-8-12-16-23/h8,11-12,15-16,18,21-22,25-26H,6-7,9-10,13-14,17,19-20H2,1-5H3,(H,30,32)/b24-18+/t25-,26?/m0/s1. The van der Waals surface area contributed by atoms with E-state index in [1.807, 2.05) is 57.2 Å². The first kappa shape index (κ1) is 27.3. The predicted octanol–water partition coefficient (Wildman–Crippen LogP) is 6.21. The van der Waals surface area contributed by atoms with Crippen molar-refractivity contribution in [2.45, 2.75) is 104 Å². The summed E-state index contributed by atoms with van der Waals surface area (Å²) in [5, 5.41) is 3.03. The van der Waals surface area contributed by atoms with Crippen LogP contribution in [0.2, 0.25) is 0 Å². The molecule has 2 aliphatic rings. The lowest BCUT2D eigenvalue weighted by Crippen LogP contribution is -2.49. The Labute approximate surface area is 211 Å². The zero-order chi connectivity index (χ0) is 25.4. The Kier molecular flexibility index (Phi) is 9.79. The highest BCUT2D eigenvalue weighted by Gasteiger charge is 2.50. The topological polar surface area (TPSA) is 67.9 Å². The summed E-state index contributed by atoms with van der Waals surface area (Å²) >= 11 is 0. The third-order valence-corrected chi connectivity index (χ3v) is 7.13. The van der Waals surface area contributed by atoms with Crippen molar-refractivity contribution in [2.24, 2.45) is 11.8 Å². The lowest BCUT2D eigenvalue weighted by Gasteiger charge is -2.35. The Bertz CT molecular complexity index is 859. The molecule has 1 unspecified atom stereocenters. The number of nitrogens with zero attached hydrogens (tertiary/aromatic N) is 1. The van der Waals surface area contributed by atoms with Gasteiger partial charge in [-0.1, -0.05) is 83.2 Å². The number of benzene rings is 1. The van der Waals surface area contributed by atoms with Crippen molar-refractivity contribution < 1.29 is 19.1 Å². The maximum Gasteiger partial charge on any atom is 0.412 e. The molecule has 1 aromatic carbocycles. The minimum atomic E-state index is -0.832. The van der Waals surface area contributed by atoms with Crippen LogP contribution >= 0.6 is 0 Å². The molecule has 1 heterocycles. The molecule has 0 spiro atoms. The van der Waals surface area contributed by atoms with E-state index in [1.54, 1.807) is 4.90 Å². The van der Waals surface area contributed by atoms with E-state index in [4.69, 9.17) is 9.47 Å². The van der Waals surface area contributed by atoms with Crippen molar-refractivity contribution in [3.63, 3.8) is 0 Å². The maximum absolute atomic E-state index is 13.4.